The van der Waals surface area contributed by atoms with E-state index < -0.39 is 5.97 Å². The molecular formula is C16H17NO4S. The number of carboxylic acid groups (broad SMARTS) is 1. The molecule has 0 spiro atoms. The topological polar surface area (TPSA) is 75.6 Å². The molecule has 1 fully saturated rings. The number of thiophene rings is 1. The predicted molar refractivity (Wildman–Crippen MR) is 85.6 cm³/mol. The van der Waals surface area contributed by atoms with E-state index in [2.05, 4.69) is 5.32 Å². The van der Waals surface area contributed by atoms with Gasteiger partial charge in [0.1, 0.15) is 4.88 Å². The Morgan fingerprint density at radius 2 is 2.18 bits per heavy atom. The number of anilines is 1. The van der Waals surface area contributed by atoms with Crippen molar-refractivity contribution in [2.45, 2.75) is 25.9 Å². The van der Waals surface area contributed by atoms with Crippen LogP contribution in [0.2, 0.25) is 0 Å². The van der Waals surface area contributed by atoms with Crippen LogP contribution in [-0.2, 0) is 9.53 Å². The zero-order valence-corrected chi connectivity index (χ0v) is 13.0. The van der Waals surface area contributed by atoms with Gasteiger partial charge in [0.2, 0.25) is 5.91 Å². The van der Waals surface area contributed by atoms with Crippen LogP contribution in [-0.4, -0.2) is 29.7 Å². The fourth-order valence-electron chi connectivity index (χ4n) is 2.71. The van der Waals surface area contributed by atoms with E-state index in [9.17, 15) is 9.59 Å². The normalized spacial score (nSPS) is 21.7. The van der Waals surface area contributed by atoms with E-state index >= 15 is 0 Å². The van der Waals surface area contributed by atoms with Gasteiger partial charge in [0.25, 0.3) is 0 Å². The van der Waals surface area contributed by atoms with Gasteiger partial charge in [-0.15, -0.1) is 11.3 Å². The van der Waals surface area contributed by atoms with E-state index in [0.29, 0.717) is 17.2 Å². The molecule has 3 rings (SSSR count). The Kier molecular flexibility index (Phi) is 4.13. The van der Waals surface area contributed by atoms with Gasteiger partial charge in [0.05, 0.1) is 6.10 Å². The quantitative estimate of drug-likeness (QED) is 0.909. The van der Waals surface area contributed by atoms with Crippen LogP contribution in [0, 0.1) is 5.92 Å². The van der Waals surface area contributed by atoms with Gasteiger partial charge in [-0.1, -0.05) is 0 Å². The third-order valence-corrected chi connectivity index (χ3v) is 4.95. The Hall–Kier alpha value is -1.92. The number of hydrogen-bond acceptors (Lipinski definition) is 4. The average molecular weight is 319 g/mol. The number of amides is 1. The van der Waals surface area contributed by atoms with Crippen LogP contribution in [0.5, 0.6) is 0 Å². The first kappa shape index (κ1) is 15.0. The maximum absolute atomic E-state index is 12.3. The molecule has 22 heavy (non-hydrogen) atoms. The van der Waals surface area contributed by atoms with Crippen molar-refractivity contribution < 1.29 is 19.4 Å². The number of hydrogen-bond donors (Lipinski definition) is 2. The number of nitrogens with one attached hydrogen (secondary N) is 1. The highest BCUT2D eigenvalue weighted by Crippen LogP contribution is 2.29. The molecule has 0 unspecified atom stereocenters. The third kappa shape index (κ3) is 3.13. The van der Waals surface area contributed by atoms with Crippen molar-refractivity contribution in [3.8, 4) is 0 Å². The average Bonchev–Trinajstić information content (AvgIpc) is 2.90. The fourth-order valence-corrected chi connectivity index (χ4v) is 3.59. The van der Waals surface area contributed by atoms with Gasteiger partial charge in [-0.05, 0) is 49.4 Å². The number of carboxylic acids is 1. The summed E-state index contributed by atoms with van der Waals surface area (Å²) >= 11 is 1.23. The van der Waals surface area contributed by atoms with Gasteiger partial charge >= 0.3 is 5.97 Å². The number of benzene rings is 1. The molecule has 1 saturated heterocycles. The second-order valence-corrected chi connectivity index (χ2v) is 6.64. The largest absolute Gasteiger partial charge is 0.477 e. The summed E-state index contributed by atoms with van der Waals surface area (Å²) in [5.74, 6) is -0.956. The molecule has 1 aromatic heterocycles. The third-order valence-electron chi connectivity index (χ3n) is 3.85. The minimum absolute atomic E-state index is 0.00295. The summed E-state index contributed by atoms with van der Waals surface area (Å²) in [5.41, 5.74) is 0.700. The molecule has 116 valence electrons. The molecular weight excluding hydrogens is 302 g/mol. The number of carbonyl (C=O) groups excluding carboxylic acids is 1. The molecule has 1 amide bonds. The minimum atomic E-state index is -0.928. The second kappa shape index (κ2) is 6.06. The molecule has 2 N–H and O–H groups in total. The SMILES string of the molecule is C[C@@H]1C[C@H](C(=O)Nc2ccc3sc(C(=O)O)cc3c2)CCO1. The van der Waals surface area contributed by atoms with E-state index in [4.69, 9.17) is 9.84 Å². The smallest absolute Gasteiger partial charge is 0.345 e. The van der Waals surface area contributed by atoms with Crippen molar-refractivity contribution in [3.05, 3.63) is 29.1 Å². The summed E-state index contributed by atoms with van der Waals surface area (Å²) in [6.45, 7) is 2.59. The summed E-state index contributed by atoms with van der Waals surface area (Å²) in [6.07, 6.45) is 1.58. The first-order chi connectivity index (χ1) is 10.5. The van der Waals surface area contributed by atoms with Crippen molar-refractivity contribution >= 4 is 39.0 Å². The summed E-state index contributed by atoms with van der Waals surface area (Å²) in [7, 11) is 0. The molecule has 1 aromatic carbocycles. The monoisotopic (exact) mass is 319 g/mol. The van der Waals surface area contributed by atoms with Crippen molar-refractivity contribution in [1.29, 1.82) is 0 Å². The lowest BCUT2D eigenvalue weighted by Gasteiger charge is -2.26. The molecule has 0 radical (unpaired) electrons. The maximum Gasteiger partial charge on any atom is 0.345 e. The van der Waals surface area contributed by atoms with Gasteiger partial charge < -0.3 is 15.2 Å². The van der Waals surface area contributed by atoms with Crippen LogP contribution in [0.1, 0.15) is 29.4 Å². The molecule has 0 saturated carbocycles. The highest BCUT2D eigenvalue weighted by atomic mass is 32.1. The number of fused-ring (bicyclic) bond motifs is 1. The Labute approximate surface area is 131 Å². The molecule has 1 aliphatic rings. The lowest BCUT2D eigenvalue weighted by atomic mass is 9.95. The second-order valence-electron chi connectivity index (χ2n) is 5.56. The summed E-state index contributed by atoms with van der Waals surface area (Å²) in [6, 6.07) is 7.10. The molecule has 1 aliphatic heterocycles. The molecule has 2 atom stereocenters. The Bertz CT molecular complexity index is 724. The van der Waals surface area contributed by atoms with E-state index in [0.717, 1.165) is 22.9 Å². The predicted octanol–water partition coefficient (Wildman–Crippen LogP) is 3.35. The molecule has 2 aromatic rings. The molecule has 2 heterocycles. The Morgan fingerprint density at radius 1 is 1.36 bits per heavy atom. The van der Waals surface area contributed by atoms with Gasteiger partial charge in [-0.3, -0.25) is 4.79 Å². The molecule has 0 aliphatic carbocycles. The number of rotatable bonds is 3. The zero-order valence-electron chi connectivity index (χ0n) is 12.2. The zero-order chi connectivity index (χ0) is 15.7. The van der Waals surface area contributed by atoms with Gasteiger partial charge in [0.15, 0.2) is 0 Å². The van der Waals surface area contributed by atoms with Crippen molar-refractivity contribution in [2.24, 2.45) is 5.92 Å². The van der Waals surface area contributed by atoms with Crippen LogP contribution < -0.4 is 5.32 Å². The molecule has 0 bridgehead atoms. The van der Waals surface area contributed by atoms with Crippen molar-refractivity contribution in [3.63, 3.8) is 0 Å². The van der Waals surface area contributed by atoms with Gasteiger partial charge in [-0.25, -0.2) is 4.79 Å². The van der Waals surface area contributed by atoms with E-state index in [1.54, 1.807) is 6.07 Å². The summed E-state index contributed by atoms with van der Waals surface area (Å²) < 4.78 is 6.36. The fraction of sp³-hybridized carbons (Fsp3) is 0.375. The highest BCUT2D eigenvalue weighted by Gasteiger charge is 2.25. The van der Waals surface area contributed by atoms with E-state index in [1.807, 2.05) is 25.1 Å². The lowest BCUT2D eigenvalue weighted by Crippen LogP contribution is -2.32. The van der Waals surface area contributed by atoms with E-state index in [1.165, 1.54) is 11.3 Å². The van der Waals surface area contributed by atoms with Gasteiger partial charge in [-0.2, -0.15) is 0 Å². The number of aromatic carboxylic acids is 1. The first-order valence-electron chi connectivity index (χ1n) is 7.22. The number of ether oxygens (including phenoxy) is 1. The first-order valence-corrected chi connectivity index (χ1v) is 8.04. The van der Waals surface area contributed by atoms with Crippen molar-refractivity contribution in [2.75, 3.05) is 11.9 Å². The molecule has 6 heteroatoms. The van der Waals surface area contributed by atoms with Crippen LogP contribution in [0.4, 0.5) is 5.69 Å². The lowest BCUT2D eigenvalue weighted by molar-refractivity contribution is -0.124. The van der Waals surface area contributed by atoms with Crippen LogP contribution in [0.3, 0.4) is 0 Å². The van der Waals surface area contributed by atoms with Crippen LogP contribution >= 0.6 is 11.3 Å². The van der Waals surface area contributed by atoms with Crippen LogP contribution in [0.25, 0.3) is 10.1 Å². The standard InChI is InChI=1S/C16H17NO4S/c1-9-6-10(4-5-21-9)15(18)17-12-2-3-13-11(7-12)8-14(22-13)16(19)20/h2-3,7-10H,4-6H2,1H3,(H,17,18)(H,19,20)/t9-,10-/m1/s1. The van der Waals surface area contributed by atoms with Crippen LogP contribution in [0.15, 0.2) is 24.3 Å². The number of carbonyl (C=O) groups is 2. The Morgan fingerprint density at radius 3 is 2.91 bits per heavy atom. The van der Waals surface area contributed by atoms with Crippen molar-refractivity contribution in [1.82, 2.24) is 0 Å². The molecule has 5 nitrogen and oxygen atoms in total. The van der Waals surface area contributed by atoms with Gasteiger partial charge in [0, 0.05) is 22.9 Å². The highest BCUT2D eigenvalue weighted by molar-refractivity contribution is 7.20. The summed E-state index contributed by atoms with van der Waals surface area (Å²) in [5, 5.41) is 12.8. The Balaban J connectivity index is 1.75. The summed E-state index contributed by atoms with van der Waals surface area (Å²) in [4.78, 5) is 23.6. The van der Waals surface area contributed by atoms with E-state index in [-0.39, 0.29) is 17.9 Å². The minimum Gasteiger partial charge on any atom is -0.477 e. The maximum atomic E-state index is 12.3.